The third kappa shape index (κ3) is 5.54. The minimum Gasteiger partial charge on any atom is -0.481 e. The van der Waals surface area contributed by atoms with Crippen LogP contribution in [-0.4, -0.2) is 30.3 Å². The first-order valence-corrected chi connectivity index (χ1v) is 7.12. The van der Waals surface area contributed by atoms with Crippen LogP contribution in [0.15, 0.2) is 28.9 Å². The Morgan fingerprint density at radius 2 is 1.95 bits per heavy atom. The molecule has 7 heteroatoms. The molecule has 0 unspecified atom stereocenters. The number of carboxylic acids is 1. The van der Waals surface area contributed by atoms with E-state index in [2.05, 4.69) is 0 Å². The number of hydrogen-bond donors (Lipinski definition) is 2. The maximum Gasteiger partial charge on any atom is 0.307 e. The van der Waals surface area contributed by atoms with Gasteiger partial charge in [0.2, 0.25) is 0 Å². The maximum absolute atomic E-state index is 10.5. The zero-order valence-corrected chi connectivity index (χ0v) is 11.3. The van der Waals surface area contributed by atoms with E-state index in [9.17, 15) is 13.2 Å². The Morgan fingerprint density at radius 1 is 1.37 bits per heavy atom. The van der Waals surface area contributed by atoms with Gasteiger partial charge in [-0.1, -0.05) is 6.07 Å². The molecule has 1 aromatic heterocycles. The van der Waals surface area contributed by atoms with Crippen LogP contribution in [-0.2, 0) is 21.3 Å². The zero-order chi connectivity index (χ0) is 14.6. The Morgan fingerprint density at radius 3 is 2.47 bits per heavy atom. The van der Waals surface area contributed by atoms with Crippen molar-refractivity contribution in [3.05, 3.63) is 35.6 Å². The lowest BCUT2D eigenvalue weighted by molar-refractivity contribution is -0.136. The van der Waals surface area contributed by atoms with Crippen molar-refractivity contribution in [1.82, 2.24) is 0 Å². The molecular weight excluding hydrogens is 272 g/mol. The normalized spacial score (nSPS) is 10.9. The fraction of sp³-hybridized carbons (Fsp3) is 0.250. The first-order valence-electron chi connectivity index (χ1n) is 5.28. The summed E-state index contributed by atoms with van der Waals surface area (Å²) in [5.41, 5.74) is 2.64. The third-order valence-corrected chi connectivity index (χ3v) is 2.19. The van der Waals surface area contributed by atoms with Crippen molar-refractivity contribution in [2.45, 2.75) is 13.3 Å². The number of carboxylic acid groups (broad SMARTS) is 1. The van der Waals surface area contributed by atoms with Crippen molar-refractivity contribution in [2.75, 3.05) is 6.26 Å². The lowest BCUT2D eigenvalue weighted by atomic mass is 10.1. The summed E-state index contributed by atoms with van der Waals surface area (Å²) in [4.78, 5) is 10.5. The van der Waals surface area contributed by atoms with Gasteiger partial charge in [-0.3, -0.25) is 9.35 Å². The van der Waals surface area contributed by atoms with Crippen LogP contribution in [0, 0.1) is 6.92 Å². The molecule has 0 amide bonds. The van der Waals surface area contributed by atoms with E-state index in [1.54, 1.807) is 18.4 Å². The van der Waals surface area contributed by atoms with Crippen LogP contribution in [0.4, 0.5) is 0 Å². The summed E-state index contributed by atoms with van der Waals surface area (Å²) in [5, 5.41) is 9.63. The van der Waals surface area contributed by atoms with E-state index < -0.39 is 16.1 Å². The topological polar surface area (TPSA) is 105 Å². The lowest BCUT2D eigenvalue weighted by Gasteiger charge is -1.96. The van der Waals surface area contributed by atoms with Crippen LogP contribution in [0.25, 0.3) is 11.0 Å². The van der Waals surface area contributed by atoms with E-state index in [1.165, 1.54) is 0 Å². The van der Waals surface area contributed by atoms with Gasteiger partial charge >= 0.3 is 5.97 Å². The molecule has 0 aliphatic rings. The highest BCUT2D eigenvalue weighted by Gasteiger charge is 2.05. The molecule has 1 aromatic carbocycles. The first kappa shape index (κ1) is 15.2. The second-order valence-electron chi connectivity index (χ2n) is 4.05. The highest BCUT2D eigenvalue weighted by molar-refractivity contribution is 7.85. The van der Waals surface area contributed by atoms with Crippen molar-refractivity contribution in [3.63, 3.8) is 0 Å². The van der Waals surface area contributed by atoms with Crippen molar-refractivity contribution >= 4 is 27.1 Å². The minimum atomic E-state index is -3.67. The SMILES string of the molecule is CS(=O)(=O)O.Cc1coc2ccc(CC(=O)O)cc12. The number of furan rings is 1. The molecule has 1 heterocycles. The van der Waals surface area contributed by atoms with Crippen molar-refractivity contribution in [1.29, 1.82) is 0 Å². The first-order chi connectivity index (χ1) is 8.66. The van der Waals surface area contributed by atoms with E-state index in [0.717, 1.165) is 22.1 Å². The van der Waals surface area contributed by atoms with Gasteiger partial charge in [-0.15, -0.1) is 0 Å². The molecule has 2 aromatic rings. The Kier molecular flexibility index (Phi) is 4.68. The van der Waals surface area contributed by atoms with E-state index >= 15 is 0 Å². The molecule has 6 nitrogen and oxygen atoms in total. The van der Waals surface area contributed by atoms with E-state index in [1.807, 2.05) is 13.0 Å². The fourth-order valence-corrected chi connectivity index (χ4v) is 1.49. The van der Waals surface area contributed by atoms with Crippen LogP contribution >= 0.6 is 0 Å². The lowest BCUT2D eigenvalue weighted by Crippen LogP contribution is -1.99. The van der Waals surface area contributed by atoms with E-state index in [-0.39, 0.29) is 6.42 Å². The number of benzene rings is 1. The molecule has 0 aliphatic heterocycles. The number of carbonyl (C=O) groups is 1. The molecule has 0 radical (unpaired) electrons. The average molecular weight is 286 g/mol. The summed E-state index contributed by atoms with van der Waals surface area (Å²) in [5.74, 6) is -0.814. The summed E-state index contributed by atoms with van der Waals surface area (Å²) in [6.45, 7) is 1.94. The van der Waals surface area contributed by atoms with Gasteiger partial charge in [0.15, 0.2) is 0 Å². The molecule has 0 saturated heterocycles. The van der Waals surface area contributed by atoms with Crippen LogP contribution in [0.5, 0.6) is 0 Å². The Balaban J connectivity index is 0.000000312. The van der Waals surface area contributed by atoms with Gasteiger partial charge in [0.05, 0.1) is 18.9 Å². The molecular formula is C12H14O6S. The van der Waals surface area contributed by atoms with Gasteiger partial charge < -0.3 is 9.52 Å². The second-order valence-corrected chi connectivity index (χ2v) is 5.52. The van der Waals surface area contributed by atoms with Crippen molar-refractivity contribution in [3.8, 4) is 0 Å². The molecule has 0 aliphatic carbocycles. The quantitative estimate of drug-likeness (QED) is 0.816. The number of aliphatic carboxylic acids is 1. The predicted molar refractivity (Wildman–Crippen MR) is 69.8 cm³/mol. The van der Waals surface area contributed by atoms with Crippen LogP contribution in [0.2, 0.25) is 0 Å². The van der Waals surface area contributed by atoms with E-state index in [0.29, 0.717) is 6.26 Å². The largest absolute Gasteiger partial charge is 0.481 e. The third-order valence-electron chi connectivity index (χ3n) is 2.19. The molecule has 0 atom stereocenters. The molecule has 19 heavy (non-hydrogen) atoms. The standard InChI is InChI=1S/C11H10O3.CH4O3S/c1-7-6-14-10-3-2-8(4-9(7)10)5-11(12)13;1-5(2,3)4/h2-4,6H,5H2,1H3,(H,12,13);1H3,(H,2,3,4). The van der Waals surface area contributed by atoms with Crippen molar-refractivity contribution < 1.29 is 27.3 Å². The summed E-state index contributed by atoms with van der Waals surface area (Å²) in [7, 11) is -3.67. The summed E-state index contributed by atoms with van der Waals surface area (Å²) >= 11 is 0. The number of fused-ring (bicyclic) bond motifs is 1. The summed E-state index contributed by atoms with van der Waals surface area (Å²) in [6.07, 6.45) is 2.45. The minimum absolute atomic E-state index is 0.0561. The molecule has 0 spiro atoms. The highest BCUT2D eigenvalue weighted by atomic mass is 32.2. The Labute approximate surface area is 110 Å². The van der Waals surface area contributed by atoms with Crippen LogP contribution in [0.1, 0.15) is 11.1 Å². The van der Waals surface area contributed by atoms with Gasteiger partial charge in [-0.25, -0.2) is 0 Å². The summed E-state index contributed by atoms with van der Waals surface area (Å²) in [6, 6.07) is 5.45. The van der Waals surface area contributed by atoms with Gasteiger partial charge in [0, 0.05) is 5.39 Å². The molecule has 2 rings (SSSR count). The fourth-order valence-electron chi connectivity index (χ4n) is 1.49. The zero-order valence-electron chi connectivity index (χ0n) is 10.5. The highest BCUT2D eigenvalue weighted by Crippen LogP contribution is 2.21. The van der Waals surface area contributed by atoms with Crippen LogP contribution < -0.4 is 0 Å². The number of aryl methyl sites for hydroxylation is 1. The Bertz CT molecular complexity index is 675. The van der Waals surface area contributed by atoms with E-state index in [4.69, 9.17) is 14.1 Å². The molecule has 0 saturated carbocycles. The number of rotatable bonds is 2. The number of hydrogen-bond acceptors (Lipinski definition) is 4. The molecule has 104 valence electrons. The van der Waals surface area contributed by atoms with Gasteiger partial charge in [0.1, 0.15) is 5.58 Å². The second kappa shape index (κ2) is 5.85. The maximum atomic E-state index is 10.5. The van der Waals surface area contributed by atoms with Crippen LogP contribution in [0.3, 0.4) is 0 Å². The molecule has 0 bridgehead atoms. The van der Waals surface area contributed by atoms with Gasteiger partial charge in [-0.05, 0) is 30.2 Å². The Hall–Kier alpha value is -1.86. The monoisotopic (exact) mass is 286 g/mol. The van der Waals surface area contributed by atoms with Crippen molar-refractivity contribution in [2.24, 2.45) is 0 Å². The van der Waals surface area contributed by atoms with Gasteiger partial charge in [0.25, 0.3) is 10.1 Å². The molecule has 0 fully saturated rings. The smallest absolute Gasteiger partial charge is 0.307 e. The predicted octanol–water partition coefficient (Wildman–Crippen LogP) is 1.87. The molecule has 2 N–H and O–H groups in total. The summed E-state index contributed by atoms with van der Waals surface area (Å²) < 4.78 is 31.1. The van der Waals surface area contributed by atoms with Gasteiger partial charge in [-0.2, -0.15) is 8.42 Å². The average Bonchev–Trinajstić information content (AvgIpc) is 2.57.